The van der Waals surface area contributed by atoms with Gasteiger partial charge in [0.15, 0.2) is 5.82 Å². The fourth-order valence-corrected chi connectivity index (χ4v) is 1.77. The molecule has 0 saturated heterocycles. The van der Waals surface area contributed by atoms with Gasteiger partial charge in [-0.3, -0.25) is 0 Å². The van der Waals surface area contributed by atoms with Crippen LogP contribution in [0.5, 0.6) is 11.6 Å². The highest BCUT2D eigenvalue weighted by Crippen LogP contribution is 2.22. The summed E-state index contributed by atoms with van der Waals surface area (Å²) in [6.07, 6.45) is 1.56. The number of hydrogen-bond donors (Lipinski definition) is 1. The Balaban J connectivity index is 1.74. The number of ether oxygens (including phenoxy) is 1. The number of carboxylic acid groups (broad SMARTS) is 1. The number of aryl methyl sites for hydroxylation is 1. The second kappa shape index (κ2) is 5.65. The van der Waals surface area contributed by atoms with E-state index in [1.807, 2.05) is 0 Å². The van der Waals surface area contributed by atoms with Gasteiger partial charge in [-0.15, -0.1) is 0 Å². The molecule has 0 spiro atoms. The Hall–Kier alpha value is -3.22. The molecule has 0 unspecified atom stereocenters. The molecule has 1 N–H and O–H groups in total. The smallest absolute Gasteiger partial charge is 0.335 e. The van der Waals surface area contributed by atoms with Crippen molar-refractivity contribution in [1.82, 2.24) is 15.1 Å². The molecule has 7 heteroatoms. The van der Waals surface area contributed by atoms with Gasteiger partial charge in [-0.2, -0.15) is 4.98 Å². The number of carboxylic acids is 1. The lowest BCUT2D eigenvalue weighted by Gasteiger charge is -2.05. The van der Waals surface area contributed by atoms with Gasteiger partial charge in [-0.1, -0.05) is 5.16 Å². The van der Waals surface area contributed by atoms with Gasteiger partial charge in [0.05, 0.1) is 11.1 Å². The standard InChI is InChI=1S/C15H11N3O4/c1-9-17-14(22-18-9)11-4-7-13(16-8-11)21-12-5-2-10(3-6-12)15(19)20/h2-8H,1H3,(H,19,20). The third-order valence-corrected chi connectivity index (χ3v) is 2.83. The zero-order valence-electron chi connectivity index (χ0n) is 11.6. The van der Waals surface area contributed by atoms with Crippen LogP contribution < -0.4 is 4.74 Å². The molecule has 3 aromatic rings. The van der Waals surface area contributed by atoms with E-state index >= 15 is 0 Å². The van der Waals surface area contributed by atoms with Gasteiger partial charge in [0, 0.05) is 12.3 Å². The van der Waals surface area contributed by atoms with E-state index < -0.39 is 5.97 Å². The Bertz CT molecular complexity index is 794. The minimum Gasteiger partial charge on any atom is -0.478 e. The van der Waals surface area contributed by atoms with Crippen molar-refractivity contribution >= 4 is 5.97 Å². The zero-order chi connectivity index (χ0) is 15.5. The molecule has 110 valence electrons. The molecule has 0 aliphatic carbocycles. The highest BCUT2D eigenvalue weighted by Gasteiger charge is 2.08. The second-order valence-electron chi connectivity index (χ2n) is 4.46. The lowest BCUT2D eigenvalue weighted by Crippen LogP contribution is -1.95. The number of pyridine rings is 1. The molecular formula is C15H11N3O4. The fraction of sp³-hybridized carbons (Fsp3) is 0.0667. The van der Waals surface area contributed by atoms with Crippen LogP contribution in [0.2, 0.25) is 0 Å². The average molecular weight is 297 g/mol. The van der Waals surface area contributed by atoms with Crippen LogP contribution in [0.3, 0.4) is 0 Å². The Morgan fingerprint density at radius 3 is 2.50 bits per heavy atom. The number of aromatic carboxylic acids is 1. The van der Waals surface area contributed by atoms with Crippen LogP contribution in [0.1, 0.15) is 16.2 Å². The van der Waals surface area contributed by atoms with Crippen LogP contribution in [0, 0.1) is 6.92 Å². The maximum Gasteiger partial charge on any atom is 0.335 e. The summed E-state index contributed by atoms with van der Waals surface area (Å²) in [5.74, 6) is 0.835. The Kier molecular flexibility index (Phi) is 3.53. The molecule has 0 aliphatic rings. The Morgan fingerprint density at radius 2 is 1.95 bits per heavy atom. The number of carbonyl (C=O) groups is 1. The molecule has 3 rings (SSSR count). The Morgan fingerprint density at radius 1 is 1.18 bits per heavy atom. The highest BCUT2D eigenvalue weighted by molar-refractivity contribution is 5.87. The summed E-state index contributed by atoms with van der Waals surface area (Å²) >= 11 is 0. The van der Waals surface area contributed by atoms with Gasteiger partial charge in [0.1, 0.15) is 5.75 Å². The van der Waals surface area contributed by atoms with Crippen LogP contribution in [-0.2, 0) is 0 Å². The lowest BCUT2D eigenvalue weighted by molar-refractivity contribution is 0.0697. The van der Waals surface area contributed by atoms with Crippen LogP contribution in [0.4, 0.5) is 0 Å². The summed E-state index contributed by atoms with van der Waals surface area (Å²) in [6.45, 7) is 1.73. The van der Waals surface area contributed by atoms with E-state index in [4.69, 9.17) is 14.4 Å². The molecule has 7 nitrogen and oxygen atoms in total. The monoisotopic (exact) mass is 297 g/mol. The predicted octanol–water partition coefficient (Wildman–Crippen LogP) is 2.93. The van der Waals surface area contributed by atoms with Gasteiger partial charge in [0.25, 0.3) is 5.89 Å². The van der Waals surface area contributed by atoms with E-state index in [0.717, 1.165) is 0 Å². The molecule has 0 saturated carbocycles. The molecule has 0 amide bonds. The second-order valence-corrected chi connectivity index (χ2v) is 4.46. The van der Waals surface area contributed by atoms with E-state index in [1.54, 1.807) is 37.4 Å². The number of nitrogens with zero attached hydrogens (tertiary/aromatic N) is 3. The number of rotatable bonds is 4. The largest absolute Gasteiger partial charge is 0.478 e. The molecular weight excluding hydrogens is 286 g/mol. The van der Waals surface area contributed by atoms with E-state index in [0.29, 0.717) is 28.9 Å². The van der Waals surface area contributed by atoms with Crippen LogP contribution in [-0.4, -0.2) is 26.2 Å². The van der Waals surface area contributed by atoms with Crippen molar-refractivity contribution in [1.29, 1.82) is 0 Å². The SMILES string of the molecule is Cc1noc(-c2ccc(Oc3ccc(C(=O)O)cc3)nc2)n1. The summed E-state index contributed by atoms with van der Waals surface area (Å²) in [6, 6.07) is 9.49. The van der Waals surface area contributed by atoms with E-state index in [1.165, 1.54) is 12.1 Å². The van der Waals surface area contributed by atoms with Gasteiger partial charge in [-0.25, -0.2) is 9.78 Å². The van der Waals surface area contributed by atoms with Crippen molar-refractivity contribution in [2.24, 2.45) is 0 Å². The molecule has 2 heterocycles. The summed E-state index contributed by atoms with van der Waals surface area (Å²) in [5, 5.41) is 12.5. The minimum absolute atomic E-state index is 0.197. The maximum atomic E-state index is 10.8. The van der Waals surface area contributed by atoms with Crippen molar-refractivity contribution in [2.45, 2.75) is 6.92 Å². The van der Waals surface area contributed by atoms with Crippen molar-refractivity contribution in [3.8, 4) is 23.1 Å². The van der Waals surface area contributed by atoms with Gasteiger partial charge in [-0.05, 0) is 37.3 Å². The molecule has 0 aliphatic heterocycles. The maximum absolute atomic E-state index is 10.8. The number of hydrogen-bond acceptors (Lipinski definition) is 6. The van der Waals surface area contributed by atoms with E-state index in [2.05, 4.69) is 15.1 Å². The van der Waals surface area contributed by atoms with Crippen molar-refractivity contribution < 1.29 is 19.2 Å². The summed E-state index contributed by atoms with van der Waals surface area (Å²) < 4.78 is 10.6. The van der Waals surface area contributed by atoms with E-state index in [9.17, 15) is 4.79 Å². The zero-order valence-corrected chi connectivity index (χ0v) is 11.6. The molecule has 2 aromatic heterocycles. The minimum atomic E-state index is -0.983. The van der Waals surface area contributed by atoms with Crippen LogP contribution >= 0.6 is 0 Å². The molecule has 0 radical (unpaired) electrons. The molecule has 0 atom stereocenters. The number of aromatic nitrogens is 3. The number of benzene rings is 1. The van der Waals surface area contributed by atoms with Crippen molar-refractivity contribution in [3.05, 3.63) is 54.0 Å². The average Bonchev–Trinajstić information content (AvgIpc) is 2.95. The van der Waals surface area contributed by atoms with Crippen molar-refractivity contribution in [3.63, 3.8) is 0 Å². The van der Waals surface area contributed by atoms with E-state index in [-0.39, 0.29) is 5.56 Å². The fourth-order valence-electron chi connectivity index (χ4n) is 1.77. The third-order valence-electron chi connectivity index (χ3n) is 2.83. The molecule has 1 aromatic carbocycles. The summed E-state index contributed by atoms with van der Waals surface area (Å²) in [4.78, 5) is 19.0. The predicted molar refractivity (Wildman–Crippen MR) is 75.7 cm³/mol. The molecule has 0 fully saturated rings. The first-order valence-electron chi connectivity index (χ1n) is 6.40. The third kappa shape index (κ3) is 2.93. The van der Waals surface area contributed by atoms with Crippen LogP contribution in [0.15, 0.2) is 47.1 Å². The van der Waals surface area contributed by atoms with Gasteiger partial charge < -0.3 is 14.4 Å². The lowest BCUT2D eigenvalue weighted by atomic mass is 10.2. The molecule has 0 bridgehead atoms. The molecule has 22 heavy (non-hydrogen) atoms. The normalized spacial score (nSPS) is 10.4. The van der Waals surface area contributed by atoms with Gasteiger partial charge in [0.2, 0.25) is 5.88 Å². The highest BCUT2D eigenvalue weighted by atomic mass is 16.5. The quantitative estimate of drug-likeness (QED) is 0.790. The summed E-state index contributed by atoms with van der Waals surface area (Å²) in [5.41, 5.74) is 0.886. The topological polar surface area (TPSA) is 98.3 Å². The Labute approximate surface area is 125 Å². The van der Waals surface area contributed by atoms with Crippen molar-refractivity contribution in [2.75, 3.05) is 0 Å². The van der Waals surface area contributed by atoms with Gasteiger partial charge >= 0.3 is 5.97 Å². The summed E-state index contributed by atoms with van der Waals surface area (Å²) in [7, 11) is 0. The van der Waals surface area contributed by atoms with Crippen LogP contribution in [0.25, 0.3) is 11.5 Å². The first-order valence-corrected chi connectivity index (χ1v) is 6.40. The first-order chi connectivity index (χ1) is 10.6. The first kappa shape index (κ1) is 13.7.